The first-order valence-corrected chi connectivity index (χ1v) is 8.59. The number of fused-ring (bicyclic) bond motifs is 1. The second-order valence-corrected chi connectivity index (χ2v) is 6.45. The minimum atomic E-state index is -4.51. The molecule has 0 saturated carbocycles. The lowest BCUT2D eigenvalue weighted by atomic mass is 10.1. The molecule has 1 aromatic heterocycles. The summed E-state index contributed by atoms with van der Waals surface area (Å²) >= 11 is 0. The van der Waals surface area contributed by atoms with E-state index in [9.17, 15) is 22.4 Å². The van der Waals surface area contributed by atoms with Crippen LogP contribution in [0.2, 0.25) is 0 Å². The van der Waals surface area contributed by atoms with Crippen LogP contribution in [0.1, 0.15) is 33.4 Å². The Hall–Kier alpha value is -3.27. The zero-order chi connectivity index (χ0) is 20.6. The second-order valence-electron chi connectivity index (χ2n) is 6.45. The van der Waals surface area contributed by atoms with Crippen molar-refractivity contribution in [2.75, 3.05) is 5.32 Å². The number of nitrogens with one attached hydrogen (secondary N) is 1. The number of alkyl halides is 3. The summed E-state index contributed by atoms with van der Waals surface area (Å²) in [5.74, 6) is -1.05. The number of ether oxygens (including phenoxy) is 1. The van der Waals surface area contributed by atoms with Crippen molar-refractivity contribution in [2.45, 2.75) is 25.4 Å². The van der Waals surface area contributed by atoms with E-state index in [0.717, 1.165) is 17.7 Å². The van der Waals surface area contributed by atoms with Gasteiger partial charge in [0.25, 0.3) is 5.91 Å². The van der Waals surface area contributed by atoms with Gasteiger partial charge >= 0.3 is 6.18 Å². The molecule has 2 aromatic carbocycles. The molecule has 2 heterocycles. The number of halogens is 4. The molecule has 1 N–H and O–H groups in total. The standard InChI is InChI=1S/C19H14F4N4O2/c20-13-6-4-11(5-7-13)16-9-27-15(10-29-16)17(25-26-27)18(28)24-14-3-1-2-12(8-14)19(21,22)23/h1-8,16H,9-10H2,(H,24,28)/t16-/m0/s1. The molecule has 0 aliphatic carbocycles. The zero-order valence-electron chi connectivity index (χ0n) is 14.8. The van der Waals surface area contributed by atoms with Crippen LogP contribution in [-0.2, 0) is 24.1 Å². The van der Waals surface area contributed by atoms with E-state index in [-0.39, 0.29) is 36.5 Å². The van der Waals surface area contributed by atoms with E-state index in [1.54, 1.807) is 12.1 Å². The van der Waals surface area contributed by atoms with Gasteiger partial charge in [0.2, 0.25) is 0 Å². The number of hydrogen-bond acceptors (Lipinski definition) is 4. The van der Waals surface area contributed by atoms with Gasteiger partial charge in [0.15, 0.2) is 5.69 Å². The molecule has 1 atom stereocenters. The average Bonchev–Trinajstić information content (AvgIpc) is 3.11. The molecule has 0 fully saturated rings. The lowest BCUT2D eigenvalue weighted by Crippen LogP contribution is -2.24. The van der Waals surface area contributed by atoms with Gasteiger partial charge in [-0.05, 0) is 35.9 Å². The zero-order valence-corrected chi connectivity index (χ0v) is 14.8. The van der Waals surface area contributed by atoms with Crippen LogP contribution in [0.4, 0.5) is 23.2 Å². The molecule has 150 valence electrons. The van der Waals surface area contributed by atoms with Gasteiger partial charge in [-0.2, -0.15) is 13.2 Å². The number of rotatable bonds is 3. The highest BCUT2D eigenvalue weighted by atomic mass is 19.4. The lowest BCUT2D eigenvalue weighted by molar-refractivity contribution is -0.137. The van der Waals surface area contributed by atoms with Crippen molar-refractivity contribution < 1.29 is 27.1 Å². The SMILES string of the molecule is O=C(Nc1cccc(C(F)(F)F)c1)c1nnn2c1CO[C@H](c1ccc(F)cc1)C2. The molecule has 6 nitrogen and oxygen atoms in total. The van der Waals surface area contributed by atoms with Gasteiger partial charge in [0.05, 0.1) is 24.4 Å². The van der Waals surface area contributed by atoms with Crippen LogP contribution in [0.25, 0.3) is 0 Å². The summed E-state index contributed by atoms with van der Waals surface area (Å²) in [4.78, 5) is 12.5. The number of amides is 1. The molecule has 0 saturated heterocycles. The second kappa shape index (κ2) is 7.28. The highest BCUT2D eigenvalue weighted by molar-refractivity contribution is 6.03. The molecule has 1 amide bonds. The Morgan fingerprint density at radius 2 is 1.93 bits per heavy atom. The first kappa shape index (κ1) is 19.1. The molecular weight excluding hydrogens is 392 g/mol. The third-order valence-electron chi connectivity index (χ3n) is 4.50. The minimum Gasteiger partial charge on any atom is -0.365 e. The van der Waals surface area contributed by atoms with E-state index < -0.39 is 17.6 Å². The molecular formula is C19H14F4N4O2. The van der Waals surface area contributed by atoms with Crippen LogP contribution in [-0.4, -0.2) is 20.9 Å². The Morgan fingerprint density at radius 1 is 1.17 bits per heavy atom. The van der Waals surface area contributed by atoms with Crippen molar-refractivity contribution in [1.82, 2.24) is 15.0 Å². The van der Waals surface area contributed by atoms with E-state index >= 15 is 0 Å². The van der Waals surface area contributed by atoms with E-state index in [1.165, 1.54) is 28.9 Å². The molecule has 10 heteroatoms. The van der Waals surface area contributed by atoms with Crippen LogP contribution < -0.4 is 5.32 Å². The highest BCUT2D eigenvalue weighted by Crippen LogP contribution is 2.31. The van der Waals surface area contributed by atoms with E-state index in [0.29, 0.717) is 5.69 Å². The van der Waals surface area contributed by atoms with Gasteiger partial charge in [0.1, 0.15) is 11.9 Å². The smallest absolute Gasteiger partial charge is 0.365 e. The lowest BCUT2D eigenvalue weighted by Gasteiger charge is -2.24. The van der Waals surface area contributed by atoms with Crippen molar-refractivity contribution in [3.05, 3.63) is 76.9 Å². The van der Waals surface area contributed by atoms with Crippen molar-refractivity contribution in [3.8, 4) is 0 Å². The molecule has 0 spiro atoms. The van der Waals surface area contributed by atoms with Crippen LogP contribution in [0.15, 0.2) is 48.5 Å². The molecule has 29 heavy (non-hydrogen) atoms. The predicted octanol–water partition coefficient (Wildman–Crippen LogP) is 3.96. The highest BCUT2D eigenvalue weighted by Gasteiger charge is 2.31. The third-order valence-corrected chi connectivity index (χ3v) is 4.50. The number of anilines is 1. The van der Waals surface area contributed by atoms with Crippen LogP contribution in [0.3, 0.4) is 0 Å². The third kappa shape index (κ3) is 3.97. The van der Waals surface area contributed by atoms with Crippen molar-refractivity contribution >= 4 is 11.6 Å². The molecule has 1 aliphatic heterocycles. The van der Waals surface area contributed by atoms with Crippen molar-refractivity contribution in [1.29, 1.82) is 0 Å². The Balaban J connectivity index is 1.50. The Kier molecular flexibility index (Phi) is 4.79. The summed E-state index contributed by atoms with van der Waals surface area (Å²) in [6.07, 6.45) is -4.90. The molecule has 0 bridgehead atoms. The fourth-order valence-corrected chi connectivity index (χ4v) is 3.03. The average molecular weight is 406 g/mol. The van der Waals surface area contributed by atoms with Gasteiger partial charge in [-0.3, -0.25) is 4.79 Å². The molecule has 1 aliphatic rings. The van der Waals surface area contributed by atoms with Gasteiger partial charge in [-0.1, -0.05) is 23.4 Å². The first-order chi connectivity index (χ1) is 13.8. The number of carbonyl (C=O) groups is 1. The quantitative estimate of drug-likeness (QED) is 0.669. The molecule has 0 radical (unpaired) electrons. The summed E-state index contributed by atoms with van der Waals surface area (Å²) < 4.78 is 58.8. The topological polar surface area (TPSA) is 69.0 Å². The van der Waals surface area contributed by atoms with Crippen molar-refractivity contribution in [2.24, 2.45) is 0 Å². The normalized spacial score (nSPS) is 16.3. The van der Waals surface area contributed by atoms with Crippen LogP contribution in [0, 0.1) is 5.82 Å². The van der Waals surface area contributed by atoms with Gasteiger partial charge < -0.3 is 10.1 Å². The molecule has 4 rings (SSSR count). The Morgan fingerprint density at radius 3 is 2.66 bits per heavy atom. The summed E-state index contributed by atoms with van der Waals surface area (Å²) in [5.41, 5.74) is 0.258. The maximum atomic E-state index is 13.1. The number of nitrogens with zero attached hydrogens (tertiary/aromatic N) is 3. The van der Waals surface area contributed by atoms with Crippen LogP contribution in [0.5, 0.6) is 0 Å². The summed E-state index contributed by atoms with van der Waals surface area (Å²) in [7, 11) is 0. The van der Waals surface area contributed by atoms with E-state index in [1.807, 2.05) is 0 Å². The monoisotopic (exact) mass is 406 g/mol. The van der Waals surface area contributed by atoms with Crippen LogP contribution >= 0.6 is 0 Å². The van der Waals surface area contributed by atoms with E-state index in [4.69, 9.17) is 4.74 Å². The van der Waals surface area contributed by atoms with Gasteiger partial charge in [-0.15, -0.1) is 5.10 Å². The summed E-state index contributed by atoms with van der Waals surface area (Å²) in [6.45, 7) is 0.297. The van der Waals surface area contributed by atoms with E-state index in [2.05, 4.69) is 15.6 Å². The fourth-order valence-electron chi connectivity index (χ4n) is 3.03. The minimum absolute atomic E-state index is 0.00695. The first-order valence-electron chi connectivity index (χ1n) is 8.59. The summed E-state index contributed by atoms with van der Waals surface area (Å²) in [5, 5.41) is 10.2. The van der Waals surface area contributed by atoms with Gasteiger partial charge in [-0.25, -0.2) is 9.07 Å². The number of benzene rings is 2. The van der Waals surface area contributed by atoms with Gasteiger partial charge in [0, 0.05) is 5.69 Å². The maximum Gasteiger partial charge on any atom is 0.416 e. The fraction of sp³-hybridized carbons (Fsp3) is 0.211. The molecule has 0 unspecified atom stereocenters. The molecule has 3 aromatic rings. The number of carbonyl (C=O) groups excluding carboxylic acids is 1. The maximum absolute atomic E-state index is 13.1. The number of aromatic nitrogens is 3. The Labute approximate surface area is 162 Å². The Bertz CT molecular complexity index is 1050. The van der Waals surface area contributed by atoms with Crippen molar-refractivity contribution in [3.63, 3.8) is 0 Å². The largest absolute Gasteiger partial charge is 0.416 e. The summed E-state index contributed by atoms with van der Waals surface area (Å²) in [6, 6.07) is 10.2. The number of hydrogen-bond donors (Lipinski definition) is 1. The predicted molar refractivity (Wildman–Crippen MR) is 93.3 cm³/mol.